The molecule has 1 rings (SSSR count). The average molecular weight is 235 g/mol. The van der Waals surface area contributed by atoms with E-state index in [-0.39, 0.29) is 5.82 Å². The number of aromatic nitrogens is 2. The summed E-state index contributed by atoms with van der Waals surface area (Å²) in [6.45, 7) is 3.07. The van der Waals surface area contributed by atoms with Gasteiger partial charge in [0.15, 0.2) is 5.69 Å². The first-order valence-electron chi connectivity index (χ1n) is 4.69. The predicted molar refractivity (Wildman–Crippen MR) is 50.5 cm³/mol. The van der Waals surface area contributed by atoms with Gasteiger partial charge in [0, 0.05) is 6.20 Å². The lowest BCUT2D eigenvalue weighted by Crippen LogP contribution is -2.26. The lowest BCUT2D eigenvalue weighted by molar-refractivity contribution is -0.141. The Labute approximate surface area is 90.3 Å². The van der Waals surface area contributed by atoms with E-state index in [1.165, 1.54) is 6.92 Å². The number of alkyl halides is 3. The molecule has 4 nitrogen and oxygen atoms in total. The summed E-state index contributed by atoms with van der Waals surface area (Å²) < 4.78 is 38.2. The van der Waals surface area contributed by atoms with Crippen molar-refractivity contribution in [3.05, 3.63) is 17.7 Å². The average Bonchev–Trinajstić information content (AvgIpc) is 2.48. The molecular formula is C9H12F3N3O. The van der Waals surface area contributed by atoms with Crippen molar-refractivity contribution in [2.24, 2.45) is 5.73 Å². The van der Waals surface area contributed by atoms with Crippen LogP contribution in [0.5, 0.6) is 0 Å². The van der Waals surface area contributed by atoms with Crippen molar-refractivity contribution in [2.75, 3.05) is 0 Å². The highest BCUT2D eigenvalue weighted by Gasteiger charge is 2.35. The zero-order valence-corrected chi connectivity index (χ0v) is 8.88. The van der Waals surface area contributed by atoms with Crippen LogP contribution in [-0.4, -0.2) is 15.5 Å². The van der Waals surface area contributed by atoms with Crippen molar-refractivity contribution in [1.82, 2.24) is 9.55 Å². The SMILES string of the molecule is CCC(C(N)=O)n1cc(C(F)(F)F)nc1C. The molecule has 0 fully saturated rings. The van der Waals surface area contributed by atoms with Crippen molar-refractivity contribution in [3.63, 3.8) is 0 Å². The number of imidazole rings is 1. The van der Waals surface area contributed by atoms with Crippen molar-refractivity contribution >= 4 is 5.91 Å². The molecule has 90 valence electrons. The topological polar surface area (TPSA) is 60.9 Å². The summed E-state index contributed by atoms with van der Waals surface area (Å²) in [6, 6.07) is -0.788. The predicted octanol–water partition coefficient (Wildman–Crippen LogP) is 1.65. The summed E-state index contributed by atoms with van der Waals surface area (Å²) in [7, 11) is 0. The van der Waals surface area contributed by atoms with Crippen LogP contribution in [-0.2, 0) is 11.0 Å². The molecule has 1 unspecified atom stereocenters. The Balaban J connectivity index is 3.15. The van der Waals surface area contributed by atoms with Crippen LogP contribution in [0, 0.1) is 6.92 Å². The van der Waals surface area contributed by atoms with E-state index in [1.807, 2.05) is 0 Å². The molecule has 0 aromatic carbocycles. The van der Waals surface area contributed by atoms with Gasteiger partial charge in [-0.2, -0.15) is 13.2 Å². The first kappa shape index (κ1) is 12.5. The highest BCUT2D eigenvalue weighted by atomic mass is 19.4. The second-order valence-corrected chi connectivity index (χ2v) is 3.40. The van der Waals surface area contributed by atoms with Crippen LogP contribution in [0.25, 0.3) is 0 Å². The van der Waals surface area contributed by atoms with E-state index in [9.17, 15) is 18.0 Å². The highest BCUT2D eigenvalue weighted by molar-refractivity contribution is 5.78. The van der Waals surface area contributed by atoms with Crippen molar-refractivity contribution in [1.29, 1.82) is 0 Å². The van der Waals surface area contributed by atoms with Crippen molar-refractivity contribution in [2.45, 2.75) is 32.5 Å². The number of carbonyl (C=O) groups excluding carboxylic acids is 1. The summed E-state index contributed by atoms with van der Waals surface area (Å²) in [5, 5.41) is 0. The van der Waals surface area contributed by atoms with Crippen molar-refractivity contribution < 1.29 is 18.0 Å². The Morgan fingerprint density at radius 2 is 2.19 bits per heavy atom. The third-order valence-corrected chi connectivity index (χ3v) is 2.26. The Bertz CT molecular complexity index is 397. The number of carbonyl (C=O) groups is 1. The maximum atomic E-state index is 12.4. The Morgan fingerprint density at radius 3 is 2.50 bits per heavy atom. The molecule has 7 heteroatoms. The lowest BCUT2D eigenvalue weighted by Gasteiger charge is -2.13. The normalized spacial score (nSPS) is 13.8. The molecule has 0 saturated carbocycles. The smallest absolute Gasteiger partial charge is 0.368 e. The Hall–Kier alpha value is -1.53. The third-order valence-electron chi connectivity index (χ3n) is 2.26. The number of hydrogen-bond acceptors (Lipinski definition) is 2. The maximum absolute atomic E-state index is 12.4. The largest absolute Gasteiger partial charge is 0.434 e. The van der Waals surface area contributed by atoms with E-state index >= 15 is 0 Å². The lowest BCUT2D eigenvalue weighted by atomic mass is 10.2. The summed E-state index contributed by atoms with van der Waals surface area (Å²) in [6.07, 6.45) is -3.37. The first-order valence-corrected chi connectivity index (χ1v) is 4.69. The highest BCUT2D eigenvalue weighted by Crippen LogP contribution is 2.29. The number of halogens is 3. The number of rotatable bonds is 3. The van der Waals surface area contributed by atoms with Gasteiger partial charge in [-0.3, -0.25) is 4.79 Å². The minimum atomic E-state index is -4.51. The van der Waals surface area contributed by atoms with E-state index in [2.05, 4.69) is 4.98 Å². The van der Waals surface area contributed by atoms with E-state index in [4.69, 9.17) is 5.73 Å². The molecule has 1 heterocycles. The molecule has 1 aromatic heterocycles. The minimum absolute atomic E-state index is 0.123. The Kier molecular flexibility index (Phi) is 3.25. The molecule has 0 aliphatic carbocycles. The summed E-state index contributed by atoms with van der Waals surface area (Å²) in [5.74, 6) is -0.547. The van der Waals surface area contributed by atoms with Crippen LogP contribution >= 0.6 is 0 Å². The quantitative estimate of drug-likeness (QED) is 0.865. The van der Waals surface area contributed by atoms with Crippen molar-refractivity contribution in [3.8, 4) is 0 Å². The monoisotopic (exact) mass is 235 g/mol. The van der Waals surface area contributed by atoms with Crippen LogP contribution < -0.4 is 5.73 Å². The van der Waals surface area contributed by atoms with Gasteiger partial charge < -0.3 is 10.3 Å². The van der Waals surface area contributed by atoms with Gasteiger partial charge in [0.1, 0.15) is 11.9 Å². The maximum Gasteiger partial charge on any atom is 0.434 e. The van der Waals surface area contributed by atoms with Crippen LogP contribution in [0.1, 0.15) is 30.9 Å². The molecule has 1 aromatic rings. The molecule has 0 radical (unpaired) electrons. The van der Waals surface area contributed by atoms with E-state index in [1.54, 1.807) is 6.92 Å². The fraction of sp³-hybridized carbons (Fsp3) is 0.556. The molecular weight excluding hydrogens is 223 g/mol. The molecule has 0 saturated heterocycles. The van der Waals surface area contributed by atoms with Gasteiger partial charge in [0.25, 0.3) is 0 Å². The van der Waals surface area contributed by atoms with Gasteiger partial charge in [-0.25, -0.2) is 4.98 Å². The number of aryl methyl sites for hydroxylation is 1. The number of amides is 1. The van der Waals surface area contributed by atoms with E-state index < -0.39 is 23.8 Å². The molecule has 1 amide bonds. The van der Waals surface area contributed by atoms with Gasteiger partial charge in [0.05, 0.1) is 0 Å². The summed E-state index contributed by atoms with van der Waals surface area (Å²) >= 11 is 0. The number of nitrogens with two attached hydrogens (primary N) is 1. The van der Waals surface area contributed by atoms with E-state index in [0.717, 1.165) is 10.8 Å². The third kappa shape index (κ3) is 2.34. The zero-order chi connectivity index (χ0) is 12.5. The fourth-order valence-corrected chi connectivity index (χ4v) is 1.47. The van der Waals surface area contributed by atoms with Gasteiger partial charge in [-0.05, 0) is 13.3 Å². The van der Waals surface area contributed by atoms with Crippen LogP contribution in [0.4, 0.5) is 13.2 Å². The van der Waals surface area contributed by atoms with Crippen LogP contribution in [0.2, 0.25) is 0 Å². The molecule has 0 aliphatic rings. The molecule has 2 N–H and O–H groups in total. The fourth-order valence-electron chi connectivity index (χ4n) is 1.47. The Morgan fingerprint density at radius 1 is 1.62 bits per heavy atom. The van der Waals surface area contributed by atoms with Gasteiger partial charge >= 0.3 is 6.18 Å². The molecule has 0 spiro atoms. The number of nitrogens with zero attached hydrogens (tertiary/aromatic N) is 2. The van der Waals surface area contributed by atoms with Crippen LogP contribution in [0.3, 0.4) is 0 Å². The van der Waals surface area contributed by atoms with Crippen LogP contribution in [0.15, 0.2) is 6.20 Å². The molecule has 0 bridgehead atoms. The molecule has 16 heavy (non-hydrogen) atoms. The standard InChI is InChI=1S/C9H12F3N3O/c1-3-6(8(13)16)15-4-7(9(10,11)12)14-5(15)2/h4,6H,3H2,1-2H3,(H2,13,16). The van der Waals surface area contributed by atoms with E-state index in [0.29, 0.717) is 6.42 Å². The molecule has 1 atom stereocenters. The number of hydrogen-bond donors (Lipinski definition) is 1. The van der Waals surface area contributed by atoms with Gasteiger partial charge in [0.2, 0.25) is 5.91 Å². The second-order valence-electron chi connectivity index (χ2n) is 3.40. The number of primary amides is 1. The second kappa shape index (κ2) is 4.15. The van der Waals surface area contributed by atoms with Gasteiger partial charge in [-0.1, -0.05) is 6.92 Å². The summed E-state index contributed by atoms with van der Waals surface area (Å²) in [5.41, 5.74) is 4.09. The summed E-state index contributed by atoms with van der Waals surface area (Å²) in [4.78, 5) is 14.4. The zero-order valence-electron chi connectivity index (χ0n) is 8.88. The first-order chi connectivity index (χ1) is 7.27. The van der Waals surface area contributed by atoms with Gasteiger partial charge in [-0.15, -0.1) is 0 Å². The molecule has 0 aliphatic heterocycles. The minimum Gasteiger partial charge on any atom is -0.368 e.